The highest BCUT2D eigenvalue weighted by Crippen LogP contribution is 2.60. The van der Waals surface area contributed by atoms with Gasteiger partial charge in [0.2, 0.25) is 11.8 Å². The molecule has 5 aliphatic carbocycles. The molecule has 0 unspecified atom stereocenters. The average Bonchev–Trinajstić information content (AvgIpc) is 3.15. The maximum Gasteiger partial charge on any atom is 0.230 e. The SMILES string of the molecule is C(NC1CC1)c1nnc(CC23CC4CC(CC(C4)C2)C3)o1. The first-order valence-electron chi connectivity index (χ1n) is 8.81. The van der Waals surface area contributed by atoms with Crippen molar-refractivity contribution in [3.05, 3.63) is 11.8 Å². The fourth-order valence-electron chi connectivity index (χ4n) is 5.78. The molecule has 0 amide bonds. The summed E-state index contributed by atoms with van der Waals surface area (Å²) in [4.78, 5) is 0. The van der Waals surface area contributed by atoms with Crippen molar-refractivity contribution in [3.8, 4) is 0 Å². The molecule has 0 aliphatic heterocycles. The quantitative estimate of drug-likeness (QED) is 0.904. The molecule has 0 saturated heterocycles. The highest BCUT2D eigenvalue weighted by atomic mass is 16.4. The van der Waals surface area contributed by atoms with Gasteiger partial charge in [-0.3, -0.25) is 0 Å². The Labute approximate surface area is 126 Å². The molecule has 5 saturated carbocycles. The van der Waals surface area contributed by atoms with Crippen LogP contribution in [0, 0.1) is 23.2 Å². The van der Waals surface area contributed by atoms with E-state index in [0.717, 1.165) is 42.5 Å². The molecule has 5 fully saturated rings. The van der Waals surface area contributed by atoms with Gasteiger partial charge in [0, 0.05) is 12.5 Å². The van der Waals surface area contributed by atoms with E-state index in [9.17, 15) is 0 Å². The van der Waals surface area contributed by atoms with Crippen molar-refractivity contribution in [2.24, 2.45) is 23.2 Å². The maximum atomic E-state index is 5.92. The predicted octanol–water partition coefficient (Wildman–Crippen LogP) is 3.08. The second kappa shape index (κ2) is 4.55. The third-order valence-corrected chi connectivity index (χ3v) is 6.32. The van der Waals surface area contributed by atoms with E-state index in [4.69, 9.17) is 4.42 Å². The molecule has 1 aromatic heterocycles. The number of hydrogen-bond donors (Lipinski definition) is 1. The van der Waals surface area contributed by atoms with Crippen molar-refractivity contribution in [2.75, 3.05) is 0 Å². The Morgan fingerprint density at radius 3 is 2.19 bits per heavy atom. The molecular formula is C17H25N3O. The van der Waals surface area contributed by atoms with E-state index in [1.54, 1.807) is 0 Å². The van der Waals surface area contributed by atoms with Crippen molar-refractivity contribution in [1.82, 2.24) is 15.5 Å². The fourth-order valence-corrected chi connectivity index (χ4v) is 5.78. The molecule has 4 heteroatoms. The van der Waals surface area contributed by atoms with Crippen molar-refractivity contribution in [2.45, 2.75) is 70.4 Å². The Morgan fingerprint density at radius 2 is 1.57 bits per heavy atom. The van der Waals surface area contributed by atoms with Crippen LogP contribution in [0.25, 0.3) is 0 Å². The van der Waals surface area contributed by atoms with Gasteiger partial charge < -0.3 is 9.73 Å². The predicted molar refractivity (Wildman–Crippen MR) is 78.5 cm³/mol. The third-order valence-electron chi connectivity index (χ3n) is 6.32. The van der Waals surface area contributed by atoms with Gasteiger partial charge in [-0.15, -0.1) is 10.2 Å². The van der Waals surface area contributed by atoms with E-state index in [-0.39, 0.29) is 0 Å². The minimum Gasteiger partial charge on any atom is -0.424 e. The molecule has 1 heterocycles. The zero-order valence-electron chi connectivity index (χ0n) is 12.7. The van der Waals surface area contributed by atoms with Crippen molar-refractivity contribution < 1.29 is 4.42 Å². The van der Waals surface area contributed by atoms with Gasteiger partial charge >= 0.3 is 0 Å². The molecule has 0 radical (unpaired) electrons. The van der Waals surface area contributed by atoms with E-state index in [1.807, 2.05) is 0 Å². The van der Waals surface area contributed by atoms with Crippen LogP contribution in [0.3, 0.4) is 0 Å². The summed E-state index contributed by atoms with van der Waals surface area (Å²) in [6.45, 7) is 0.749. The lowest BCUT2D eigenvalue weighted by Crippen LogP contribution is -2.47. The Bertz CT molecular complexity index is 499. The molecule has 0 spiro atoms. The van der Waals surface area contributed by atoms with Crippen molar-refractivity contribution in [1.29, 1.82) is 0 Å². The van der Waals surface area contributed by atoms with Crippen LogP contribution in [-0.4, -0.2) is 16.2 Å². The Hall–Kier alpha value is -0.900. The molecule has 6 rings (SSSR count). The smallest absolute Gasteiger partial charge is 0.230 e. The minimum absolute atomic E-state index is 0.502. The molecule has 4 bridgehead atoms. The summed E-state index contributed by atoms with van der Waals surface area (Å²) in [7, 11) is 0. The normalized spacial score (nSPS) is 40.9. The van der Waals surface area contributed by atoms with Crippen LogP contribution in [0.5, 0.6) is 0 Å². The highest BCUT2D eigenvalue weighted by Gasteiger charge is 2.51. The summed E-state index contributed by atoms with van der Waals surface area (Å²) in [5, 5.41) is 12.0. The Kier molecular flexibility index (Phi) is 2.73. The molecule has 1 N–H and O–H groups in total. The number of nitrogens with zero attached hydrogens (tertiary/aromatic N) is 2. The molecule has 0 atom stereocenters. The first-order valence-corrected chi connectivity index (χ1v) is 8.81. The second-order valence-corrected chi connectivity index (χ2v) is 8.34. The van der Waals surface area contributed by atoms with E-state index >= 15 is 0 Å². The highest BCUT2D eigenvalue weighted by molar-refractivity contribution is 5.04. The molecule has 1 aromatic rings. The molecule has 21 heavy (non-hydrogen) atoms. The van der Waals surface area contributed by atoms with Gasteiger partial charge in [-0.1, -0.05) is 0 Å². The molecule has 0 aromatic carbocycles. The standard InChI is InChI=1S/C17H25N3O/c1-2-14(1)18-10-16-20-19-15(21-16)9-17-6-11-3-12(7-17)5-13(4-11)8-17/h11-14,18H,1-10H2. The van der Waals surface area contributed by atoms with E-state index in [0.29, 0.717) is 11.5 Å². The third kappa shape index (κ3) is 2.41. The number of aromatic nitrogens is 2. The summed E-state index contributed by atoms with van der Waals surface area (Å²) in [5.41, 5.74) is 0.502. The van der Waals surface area contributed by atoms with Crippen LogP contribution in [0.2, 0.25) is 0 Å². The maximum absolute atomic E-state index is 5.92. The van der Waals surface area contributed by atoms with Crippen LogP contribution in [0.4, 0.5) is 0 Å². The first-order chi connectivity index (χ1) is 10.3. The van der Waals surface area contributed by atoms with Crippen molar-refractivity contribution >= 4 is 0 Å². The number of nitrogens with one attached hydrogen (secondary N) is 1. The zero-order valence-corrected chi connectivity index (χ0v) is 12.7. The molecule has 4 nitrogen and oxygen atoms in total. The Balaban J connectivity index is 1.28. The Morgan fingerprint density at radius 1 is 0.952 bits per heavy atom. The monoisotopic (exact) mass is 287 g/mol. The van der Waals surface area contributed by atoms with Gasteiger partial charge in [0.15, 0.2) is 0 Å². The number of rotatable bonds is 5. The molecule has 5 aliphatic rings. The second-order valence-electron chi connectivity index (χ2n) is 8.34. The van der Waals surface area contributed by atoms with Gasteiger partial charge in [0.25, 0.3) is 0 Å². The molecular weight excluding hydrogens is 262 g/mol. The fraction of sp³-hybridized carbons (Fsp3) is 0.882. The van der Waals surface area contributed by atoms with Gasteiger partial charge in [0.05, 0.1) is 6.54 Å². The summed E-state index contributed by atoms with van der Waals surface area (Å²) in [6, 6.07) is 0.698. The first kappa shape index (κ1) is 12.6. The van der Waals surface area contributed by atoms with Gasteiger partial charge in [-0.2, -0.15) is 0 Å². The van der Waals surface area contributed by atoms with Crippen molar-refractivity contribution in [3.63, 3.8) is 0 Å². The average molecular weight is 287 g/mol. The summed E-state index contributed by atoms with van der Waals surface area (Å²) >= 11 is 0. The lowest BCUT2D eigenvalue weighted by molar-refractivity contribution is -0.0552. The number of hydrogen-bond acceptors (Lipinski definition) is 4. The molecule has 114 valence electrons. The van der Waals surface area contributed by atoms with Gasteiger partial charge in [-0.25, -0.2) is 0 Å². The van der Waals surface area contributed by atoms with E-state index < -0.39 is 0 Å². The van der Waals surface area contributed by atoms with E-state index in [2.05, 4.69) is 15.5 Å². The summed E-state index contributed by atoms with van der Waals surface area (Å²) in [5.74, 6) is 4.66. The van der Waals surface area contributed by atoms with Gasteiger partial charge in [-0.05, 0) is 74.5 Å². The van der Waals surface area contributed by atoms with Gasteiger partial charge in [0.1, 0.15) is 0 Å². The largest absolute Gasteiger partial charge is 0.424 e. The topological polar surface area (TPSA) is 51.0 Å². The lowest BCUT2D eigenvalue weighted by Gasteiger charge is -2.56. The van der Waals surface area contributed by atoms with Crippen LogP contribution in [0.15, 0.2) is 4.42 Å². The lowest BCUT2D eigenvalue weighted by atomic mass is 9.49. The zero-order chi connectivity index (χ0) is 13.9. The van der Waals surface area contributed by atoms with Crippen LogP contribution < -0.4 is 5.32 Å². The van der Waals surface area contributed by atoms with Crippen LogP contribution >= 0.6 is 0 Å². The van der Waals surface area contributed by atoms with E-state index in [1.165, 1.54) is 51.4 Å². The minimum atomic E-state index is 0.502. The summed E-state index contributed by atoms with van der Waals surface area (Å²) < 4.78 is 5.92. The van der Waals surface area contributed by atoms with Crippen LogP contribution in [0.1, 0.15) is 63.1 Å². The summed E-state index contributed by atoms with van der Waals surface area (Å²) in [6.07, 6.45) is 12.4. The van der Waals surface area contributed by atoms with Crippen LogP contribution in [-0.2, 0) is 13.0 Å².